The van der Waals surface area contributed by atoms with Gasteiger partial charge < -0.3 is 9.84 Å². The number of hydrogen-bond donors (Lipinski definition) is 1. The molecule has 0 aromatic heterocycles. The van der Waals surface area contributed by atoms with Gasteiger partial charge in [0.05, 0.1) is 13.2 Å². The number of morpholine rings is 1. The molecule has 76 valence electrons. The zero-order chi connectivity index (χ0) is 9.10. The van der Waals surface area contributed by atoms with Crippen LogP contribution in [-0.2, 0) is 4.74 Å². The van der Waals surface area contributed by atoms with E-state index in [1.165, 1.54) is 19.3 Å². The smallest absolute Gasteiger partial charge is 0.0594 e. The van der Waals surface area contributed by atoms with Crippen LogP contribution in [0.4, 0.5) is 0 Å². The molecule has 1 saturated heterocycles. The van der Waals surface area contributed by atoms with Crippen molar-refractivity contribution in [1.82, 2.24) is 4.90 Å². The first kappa shape index (κ1) is 9.44. The van der Waals surface area contributed by atoms with Crippen molar-refractivity contribution in [2.45, 2.75) is 25.3 Å². The fourth-order valence-electron chi connectivity index (χ4n) is 2.49. The topological polar surface area (TPSA) is 32.7 Å². The van der Waals surface area contributed by atoms with Gasteiger partial charge in [-0.15, -0.1) is 0 Å². The minimum absolute atomic E-state index is 0.376. The Morgan fingerprint density at radius 3 is 2.62 bits per heavy atom. The number of ether oxygens (including phenoxy) is 1. The Hall–Kier alpha value is -0.120. The second kappa shape index (κ2) is 4.40. The van der Waals surface area contributed by atoms with E-state index in [1.54, 1.807) is 0 Å². The van der Waals surface area contributed by atoms with Crippen molar-refractivity contribution >= 4 is 0 Å². The summed E-state index contributed by atoms with van der Waals surface area (Å²) < 4.78 is 5.32. The molecule has 1 saturated carbocycles. The highest BCUT2D eigenvalue weighted by Gasteiger charge is 2.29. The summed E-state index contributed by atoms with van der Waals surface area (Å²) in [7, 11) is 0. The molecule has 13 heavy (non-hydrogen) atoms. The van der Waals surface area contributed by atoms with Gasteiger partial charge in [-0.05, 0) is 25.2 Å². The molecule has 2 fully saturated rings. The van der Waals surface area contributed by atoms with Crippen LogP contribution < -0.4 is 0 Å². The van der Waals surface area contributed by atoms with Gasteiger partial charge >= 0.3 is 0 Å². The average Bonchev–Trinajstić information content (AvgIpc) is 2.67. The Balaban J connectivity index is 1.80. The van der Waals surface area contributed by atoms with Crippen molar-refractivity contribution in [2.75, 3.05) is 32.9 Å². The van der Waals surface area contributed by atoms with E-state index in [0.717, 1.165) is 32.3 Å². The van der Waals surface area contributed by atoms with Crippen LogP contribution in [0.1, 0.15) is 19.3 Å². The average molecular weight is 185 g/mol. The van der Waals surface area contributed by atoms with Crippen molar-refractivity contribution < 1.29 is 9.84 Å². The van der Waals surface area contributed by atoms with E-state index in [0.29, 0.717) is 12.5 Å². The van der Waals surface area contributed by atoms with Gasteiger partial charge in [-0.2, -0.15) is 0 Å². The first-order chi connectivity index (χ1) is 6.40. The van der Waals surface area contributed by atoms with Crippen LogP contribution in [0.5, 0.6) is 0 Å². The van der Waals surface area contributed by atoms with Gasteiger partial charge in [-0.1, -0.05) is 0 Å². The minimum Gasteiger partial charge on any atom is -0.396 e. The summed E-state index contributed by atoms with van der Waals surface area (Å²) in [6.07, 6.45) is 3.67. The molecule has 3 nitrogen and oxygen atoms in total. The highest BCUT2D eigenvalue weighted by atomic mass is 16.5. The lowest BCUT2D eigenvalue weighted by Crippen LogP contribution is -2.42. The molecule has 3 heteroatoms. The maximum Gasteiger partial charge on any atom is 0.0594 e. The quantitative estimate of drug-likeness (QED) is 0.679. The SMILES string of the molecule is OC[C@H]1CC[C@@H](N2CCOCC2)C1. The maximum atomic E-state index is 9.04. The second-order valence-corrected chi connectivity index (χ2v) is 4.16. The maximum absolute atomic E-state index is 9.04. The number of aliphatic hydroxyl groups excluding tert-OH is 1. The summed E-state index contributed by atoms with van der Waals surface area (Å²) in [5.74, 6) is 0.563. The van der Waals surface area contributed by atoms with E-state index >= 15 is 0 Å². The van der Waals surface area contributed by atoms with E-state index in [1.807, 2.05) is 0 Å². The molecular weight excluding hydrogens is 166 g/mol. The lowest BCUT2D eigenvalue weighted by molar-refractivity contribution is 0.0166. The highest BCUT2D eigenvalue weighted by Crippen LogP contribution is 2.29. The summed E-state index contributed by atoms with van der Waals surface area (Å²) >= 11 is 0. The predicted octanol–water partition coefficient (Wildman–Crippen LogP) is 0.480. The van der Waals surface area contributed by atoms with Crippen molar-refractivity contribution in [1.29, 1.82) is 0 Å². The fourth-order valence-corrected chi connectivity index (χ4v) is 2.49. The minimum atomic E-state index is 0.376. The molecule has 1 aliphatic heterocycles. The molecule has 0 radical (unpaired) electrons. The van der Waals surface area contributed by atoms with Crippen LogP contribution in [-0.4, -0.2) is 49.0 Å². The first-order valence-electron chi connectivity index (χ1n) is 5.33. The molecule has 1 aliphatic carbocycles. The Morgan fingerprint density at radius 2 is 2.00 bits per heavy atom. The summed E-state index contributed by atoms with van der Waals surface area (Å²) in [5, 5.41) is 9.04. The van der Waals surface area contributed by atoms with Crippen LogP contribution >= 0.6 is 0 Å². The molecule has 0 spiro atoms. The Morgan fingerprint density at radius 1 is 1.23 bits per heavy atom. The number of rotatable bonds is 2. The van der Waals surface area contributed by atoms with Crippen molar-refractivity contribution in [3.05, 3.63) is 0 Å². The van der Waals surface area contributed by atoms with Crippen LogP contribution in [0.3, 0.4) is 0 Å². The lowest BCUT2D eigenvalue weighted by atomic mass is 10.1. The van der Waals surface area contributed by atoms with Crippen molar-refractivity contribution in [2.24, 2.45) is 5.92 Å². The van der Waals surface area contributed by atoms with E-state index in [-0.39, 0.29) is 0 Å². The molecule has 0 aromatic rings. The predicted molar refractivity (Wildman–Crippen MR) is 50.6 cm³/mol. The standard InChI is InChI=1S/C10H19NO2/c12-8-9-1-2-10(7-9)11-3-5-13-6-4-11/h9-10,12H,1-8H2/t9-,10+/m0/s1. The van der Waals surface area contributed by atoms with Crippen LogP contribution in [0.25, 0.3) is 0 Å². The lowest BCUT2D eigenvalue weighted by Gasteiger charge is -2.32. The third-order valence-corrected chi connectivity index (χ3v) is 3.33. The van der Waals surface area contributed by atoms with Crippen LogP contribution in [0.15, 0.2) is 0 Å². The van der Waals surface area contributed by atoms with E-state index in [2.05, 4.69) is 4.90 Å². The highest BCUT2D eigenvalue weighted by molar-refractivity contribution is 4.83. The molecule has 0 amide bonds. The third-order valence-electron chi connectivity index (χ3n) is 3.33. The third kappa shape index (κ3) is 2.22. The van der Waals surface area contributed by atoms with E-state index in [4.69, 9.17) is 9.84 Å². The normalized spacial score (nSPS) is 36.7. The molecule has 0 unspecified atom stereocenters. The zero-order valence-corrected chi connectivity index (χ0v) is 8.11. The molecule has 2 rings (SSSR count). The van der Waals surface area contributed by atoms with Crippen molar-refractivity contribution in [3.8, 4) is 0 Å². The molecule has 0 aromatic carbocycles. The Labute approximate surface area is 79.7 Å². The first-order valence-corrected chi connectivity index (χ1v) is 5.33. The summed E-state index contributed by atoms with van der Waals surface area (Å²) in [6, 6.07) is 0.723. The Bertz CT molecular complexity index is 157. The number of nitrogens with zero attached hydrogens (tertiary/aromatic N) is 1. The van der Waals surface area contributed by atoms with Gasteiger partial charge in [-0.25, -0.2) is 0 Å². The number of aliphatic hydroxyl groups is 1. The molecule has 1 heterocycles. The molecular formula is C10H19NO2. The van der Waals surface area contributed by atoms with E-state index < -0.39 is 0 Å². The monoisotopic (exact) mass is 185 g/mol. The molecule has 2 atom stereocenters. The van der Waals surface area contributed by atoms with Gasteiger partial charge in [0.15, 0.2) is 0 Å². The van der Waals surface area contributed by atoms with Gasteiger partial charge in [0.1, 0.15) is 0 Å². The van der Waals surface area contributed by atoms with Crippen LogP contribution in [0.2, 0.25) is 0 Å². The van der Waals surface area contributed by atoms with Gasteiger partial charge in [-0.3, -0.25) is 4.90 Å². The van der Waals surface area contributed by atoms with Gasteiger partial charge in [0.2, 0.25) is 0 Å². The van der Waals surface area contributed by atoms with Gasteiger partial charge in [0.25, 0.3) is 0 Å². The fraction of sp³-hybridized carbons (Fsp3) is 1.00. The Kier molecular flexibility index (Phi) is 3.19. The van der Waals surface area contributed by atoms with Crippen molar-refractivity contribution in [3.63, 3.8) is 0 Å². The number of hydrogen-bond acceptors (Lipinski definition) is 3. The second-order valence-electron chi connectivity index (χ2n) is 4.16. The largest absolute Gasteiger partial charge is 0.396 e. The summed E-state index contributed by atoms with van der Waals surface area (Å²) in [5.41, 5.74) is 0. The molecule has 1 N–H and O–H groups in total. The van der Waals surface area contributed by atoms with E-state index in [9.17, 15) is 0 Å². The van der Waals surface area contributed by atoms with Gasteiger partial charge in [0, 0.05) is 25.7 Å². The zero-order valence-electron chi connectivity index (χ0n) is 8.11. The summed E-state index contributed by atoms with van der Waals surface area (Å²) in [6.45, 7) is 4.33. The molecule has 0 bridgehead atoms. The van der Waals surface area contributed by atoms with Crippen LogP contribution in [0, 0.1) is 5.92 Å². The summed E-state index contributed by atoms with van der Waals surface area (Å²) in [4.78, 5) is 2.53. The molecule has 2 aliphatic rings.